The van der Waals surface area contributed by atoms with Crippen LogP contribution in [0.2, 0.25) is 0 Å². The highest BCUT2D eigenvalue weighted by molar-refractivity contribution is 7.08. The van der Waals surface area contributed by atoms with Crippen LogP contribution in [0.15, 0.2) is 23.2 Å². The molecule has 0 amide bonds. The number of hydrogen-bond acceptors (Lipinski definition) is 5. The van der Waals surface area contributed by atoms with Crippen LogP contribution in [0.25, 0.3) is 0 Å². The second-order valence-electron chi connectivity index (χ2n) is 4.70. The molecule has 0 unspecified atom stereocenters. The highest BCUT2D eigenvalue weighted by atomic mass is 32.1. The van der Waals surface area contributed by atoms with E-state index in [0.717, 1.165) is 35.9 Å². The summed E-state index contributed by atoms with van der Waals surface area (Å²) in [5.74, 6) is 2.19. The summed E-state index contributed by atoms with van der Waals surface area (Å²) >= 11 is 1.67. The molecule has 2 aromatic rings. The molecule has 19 heavy (non-hydrogen) atoms. The molecule has 0 aliphatic rings. The van der Waals surface area contributed by atoms with Crippen molar-refractivity contribution in [3.63, 3.8) is 0 Å². The van der Waals surface area contributed by atoms with Gasteiger partial charge in [0.25, 0.3) is 0 Å². The van der Waals surface area contributed by atoms with Crippen molar-refractivity contribution in [3.05, 3.63) is 28.7 Å². The van der Waals surface area contributed by atoms with Gasteiger partial charge in [-0.25, -0.2) is 9.97 Å². The molecule has 2 heterocycles. The molecular weight excluding hydrogens is 256 g/mol. The number of nitrogens with zero attached hydrogens (tertiary/aromatic N) is 2. The number of hydrogen-bond donors (Lipinski definition) is 2. The van der Waals surface area contributed by atoms with Gasteiger partial charge in [0.15, 0.2) is 0 Å². The minimum Gasteiger partial charge on any atom is -0.370 e. The number of thiophene rings is 1. The molecule has 102 valence electrons. The first kappa shape index (κ1) is 13.8. The van der Waals surface area contributed by atoms with Gasteiger partial charge in [0.2, 0.25) is 0 Å². The fourth-order valence-corrected chi connectivity index (χ4v) is 2.49. The predicted molar refractivity (Wildman–Crippen MR) is 82.5 cm³/mol. The standard InChI is InChI=1S/C14H20N4S/c1-4-6-15-13-12(10(2)3)14(17-9-16-13)18-11-5-7-19-8-11/h5,7-10H,4,6H2,1-3H3,(H2,15,16,17,18). The van der Waals surface area contributed by atoms with E-state index in [9.17, 15) is 0 Å². The quantitative estimate of drug-likeness (QED) is 0.829. The lowest BCUT2D eigenvalue weighted by Gasteiger charge is -2.17. The van der Waals surface area contributed by atoms with E-state index in [0.29, 0.717) is 5.92 Å². The molecule has 0 spiro atoms. The number of anilines is 3. The number of aromatic nitrogens is 2. The number of rotatable bonds is 6. The molecule has 2 rings (SSSR count). The van der Waals surface area contributed by atoms with E-state index in [4.69, 9.17) is 0 Å². The maximum atomic E-state index is 4.39. The first-order chi connectivity index (χ1) is 9.22. The molecule has 2 aromatic heterocycles. The summed E-state index contributed by atoms with van der Waals surface area (Å²) in [6.07, 6.45) is 2.69. The van der Waals surface area contributed by atoms with E-state index < -0.39 is 0 Å². The van der Waals surface area contributed by atoms with Gasteiger partial charge in [0.1, 0.15) is 18.0 Å². The van der Waals surface area contributed by atoms with E-state index in [1.54, 1.807) is 17.7 Å². The zero-order chi connectivity index (χ0) is 13.7. The van der Waals surface area contributed by atoms with Gasteiger partial charge in [-0.05, 0) is 23.8 Å². The van der Waals surface area contributed by atoms with Gasteiger partial charge in [-0.1, -0.05) is 20.8 Å². The molecule has 0 aliphatic heterocycles. The lowest BCUT2D eigenvalue weighted by molar-refractivity contribution is 0.844. The van der Waals surface area contributed by atoms with Crippen molar-refractivity contribution in [2.75, 3.05) is 17.2 Å². The molecule has 0 aliphatic carbocycles. The van der Waals surface area contributed by atoms with Crippen LogP contribution in [0.1, 0.15) is 38.7 Å². The third-order valence-electron chi connectivity index (χ3n) is 2.79. The van der Waals surface area contributed by atoms with Crippen LogP contribution in [0.3, 0.4) is 0 Å². The summed E-state index contributed by atoms with van der Waals surface area (Å²) in [6, 6.07) is 2.05. The molecule has 4 nitrogen and oxygen atoms in total. The molecular formula is C14H20N4S. The molecule has 0 aromatic carbocycles. The van der Waals surface area contributed by atoms with Gasteiger partial charge in [0, 0.05) is 17.5 Å². The number of nitrogens with one attached hydrogen (secondary N) is 2. The Kier molecular flexibility index (Phi) is 4.74. The third-order valence-corrected chi connectivity index (χ3v) is 3.47. The predicted octanol–water partition coefficient (Wildman–Crippen LogP) is 4.23. The summed E-state index contributed by atoms with van der Waals surface area (Å²) in [7, 11) is 0. The average Bonchev–Trinajstić information content (AvgIpc) is 2.89. The van der Waals surface area contributed by atoms with Gasteiger partial charge < -0.3 is 10.6 Å². The van der Waals surface area contributed by atoms with Crippen LogP contribution >= 0.6 is 11.3 Å². The Bertz CT molecular complexity index is 508. The Morgan fingerprint density at radius 1 is 1.26 bits per heavy atom. The topological polar surface area (TPSA) is 49.8 Å². The van der Waals surface area contributed by atoms with Gasteiger partial charge in [-0.2, -0.15) is 11.3 Å². The van der Waals surface area contributed by atoms with E-state index in [-0.39, 0.29) is 0 Å². The van der Waals surface area contributed by atoms with Crippen molar-refractivity contribution in [1.29, 1.82) is 0 Å². The van der Waals surface area contributed by atoms with E-state index in [2.05, 4.69) is 58.2 Å². The van der Waals surface area contributed by atoms with Crippen LogP contribution in [0.5, 0.6) is 0 Å². The molecule has 0 atom stereocenters. The largest absolute Gasteiger partial charge is 0.370 e. The molecule has 0 fully saturated rings. The fourth-order valence-electron chi connectivity index (χ4n) is 1.90. The summed E-state index contributed by atoms with van der Waals surface area (Å²) in [5, 5.41) is 10.9. The van der Waals surface area contributed by atoms with Gasteiger partial charge in [-0.3, -0.25) is 0 Å². The molecule has 2 N–H and O–H groups in total. The Morgan fingerprint density at radius 2 is 2.05 bits per heavy atom. The Balaban J connectivity index is 2.31. The lowest BCUT2D eigenvalue weighted by atomic mass is 10.0. The SMILES string of the molecule is CCCNc1ncnc(Nc2ccsc2)c1C(C)C. The van der Waals surface area contributed by atoms with Crippen LogP contribution in [0.4, 0.5) is 17.3 Å². The van der Waals surface area contributed by atoms with Crippen molar-refractivity contribution >= 4 is 28.7 Å². The van der Waals surface area contributed by atoms with Crippen LogP contribution < -0.4 is 10.6 Å². The Labute approximate surface area is 118 Å². The first-order valence-electron chi connectivity index (χ1n) is 6.60. The van der Waals surface area contributed by atoms with Crippen LogP contribution in [0, 0.1) is 0 Å². The van der Waals surface area contributed by atoms with Gasteiger partial charge in [-0.15, -0.1) is 0 Å². The van der Waals surface area contributed by atoms with Crippen molar-refractivity contribution in [3.8, 4) is 0 Å². The molecule has 0 saturated carbocycles. The highest BCUT2D eigenvalue weighted by Gasteiger charge is 2.14. The van der Waals surface area contributed by atoms with E-state index in [1.165, 1.54) is 0 Å². The minimum atomic E-state index is 0.363. The molecule has 5 heteroatoms. The lowest BCUT2D eigenvalue weighted by Crippen LogP contribution is -2.10. The summed E-state index contributed by atoms with van der Waals surface area (Å²) in [4.78, 5) is 8.75. The van der Waals surface area contributed by atoms with Crippen molar-refractivity contribution in [2.24, 2.45) is 0 Å². The van der Waals surface area contributed by atoms with Crippen LogP contribution in [-0.2, 0) is 0 Å². The van der Waals surface area contributed by atoms with E-state index in [1.807, 2.05) is 0 Å². The maximum Gasteiger partial charge on any atom is 0.139 e. The zero-order valence-corrected chi connectivity index (χ0v) is 12.4. The monoisotopic (exact) mass is 276 g/mol. The third kappa shape index (κ3) is 3.44. The fraction of sp³-hybridized carbons (Fsp3) is 0.429. The van der Waals surface area contributed by atoms with Gasteiger partial charge >= 0.3 is 0 Å². The first-order valence-corrected chi connectivity index (χ1v) is 7.54. The zero-order valence-electron chi connectivity index (χ0n) is 11.6. The van der Waals surface area contributed by atoms with Crippen LogP contribution in [-0.4, -0.2) is 16.5 Å². The Morgan fingerprint density at radius 3 is 2.68 bits per heavy atom. The summed E-state index contributed by atoms with van der Waals surface area (Å²) < 4.78 is 0. The summed E-state index contributed by atoms with van der Waals surface area (Å²) in [5.41, 5.74) is 2.22. The highest BCUT2D eigenvalue weighted by Crippen LogP contribution is 2.30. The molecule has 0 bridgehead atoms. The van der Waals surface area contributed by atoms with E-state index >= 15 is 0 Å². The van der Waals surface area contributed by atoms with Gasteiger partial charge in [0.05, 0.1) is 5.69 Å². The van der Waals surface area contributed by atoms with Crippen molar-refractivity contribution in [2.45, 2.75) is 33.1 Å². The second-order valence-corrected chi connectivity index (χ2v) is 5.48. The molecule has 0 radical (unpaired) electrons. The smallest absolute Gasteiger partial charge is 0.139 e. The normalized spacial score (nSPS) is 10.7. The summed E-state index contributed by atoms with van der Waals surface area (Å²) in [6.45, 7) is 7.39. The molecule has 0 saturated heterocycles. The Hall–Kier alpha value is -1.62. The van der Waals surface area contributed by atoms with Crippen molar-refractivity contribution < 1.29 is 0 Å². The maximum absolute atomic E-state index is 4.39. The minimum absolute atomic E-state index is 0.363. The average molecular weight is 276 g/mol. The second kappa shape index (κ2) is 6.52. The van der Waals surface area contributed by atoms with Crippen molar-refractivity contribution in [1.82, 2.24) is 9.97 Å².